The first-order valence-electron chi connectivity index (χ1n) is 4.77. The Balaban J connectivity index is 3.04. The average Bonchev–Trinajstić information content (AvgIpc) is 2.18. The van der Waals surface area contributed by atoms with Crippen LogP contribution in [0, 0.1) is 10.1 Å². The Morgan fingerprint density at radius 3 is 2.59 bits per heavy atom. The third kappa shape index (κ3) is 3.95. The highest BCUT2D eigenvalue weighted by Crippen LogP contribution is 2.29. The van der Waals surface area contributed by atoms with Crippen molar-refractivity contribution in [2.24, 2.45) is 0 Å². The maximum atomic E-state index is 12.0. The minimum absolute atomic E-state index is 0.424. The van der Waals surface area contributed by atoms with Gasteiger partial charge in [0.1, 0.15) is 0 Å². The summed E-state index contributed by atoms with van der Waals surface area (Å²) in [4.78, 5) is 11.8. The van der Waals surface area contributed by atoms with E-state index in [1.54, 1.807) is 14.1 Å². The first-order chi connectivity index (χ1) is 7.90. The standard InChI is InChI=1S/C10H12F2N2O3/c1-13(2)6-7-3-4-9(17-10(11)12)8(5-7)14(15)16/h3-5,10H,6H2,1-2H3. The summed E-state index contributed by atoms with van der Waals surface area (Å²) in [5, 5.41) is 10.7. The second kappa shape index (κ2) is 5.53. The molecular weight excluding hydrogens is 234 g/mol. The van der Waals surface area contributed by atoms with E-state index in [0.717, 1.165) is 0 Å². The minimum atomic E-state index is -3.08. The van der Waals surface area contributed by atoms with E-state index in [4.69, 9.17) is 0 Å². The van der Waals surface area contributed by atoms with E-state index < -0.39 is 23.0 Å². The summed E-state index contributed by atoms with van der Waals surface area (Å²) < 4.78 is 28.1. The second-order valence-electron chi connectivity index (χ2n) is 3.68. The number of nitro benzene ring substituents is 1. The zero-order valence-corrected chi connectivity index (χ0v) is 9.39. The fraction of sp³-hybridized carbons (Fsp3) is 0.400. The number of ether oxygens (including phenoxy) is 1. The number of hydrogen-bond donors (Lipinski definition) is 0. The summed E-state index contributed by atoms with van der Waals surface area (Å²) in [5.41, 5.74) is 0.202. The van der Waals surface area contributed by atoms with E-state index in [0.29, 0.717) is 12.1 Å². The second-order valence-corrected chi connectivity index (χ2v) is 3.68. The van der Waals surface area contributed by atoms with E-state index in [1.807, 2.05) is 4.90 Å². The molecule has 5 nitrogen and oxygen atoms in total. The van der Waals surface area contributed by atoms with Crippen molar-refractivity contribution in [3.05, 3.63) is 33.9 Å². The molecular formula is C10H12F2N2O3. The lowest BCUT2D eigenvalue weighted by Crippen LogP contribution is -2.11. The predicted octanol–water partition coefficient (Wildman–Crippen LogP) is 2.26. The Hall–Kier alpha value is -1.76. The van der Waals surface area contributed by atoms with Gasteiger partial charge in [0, 0.05) is 12.6 Å². The molecule has 0 aromatic heterocycles. The van der Waals surface area contributed by atoms with Gasteiger partial charge in [-0.25, -0.2) is 0 Å². The summed E-state index contributed by atoms with van der Waals surface area (Å²) >= 11 is 0. The van der Waals surface area contributed by atoms with E-state index >= 15 is 0 Å². The molecule has 0 bridgehead atoms. The highest BCUT2D eigenvalue weighted by atomic mass is 19.3. The van der Waals surface area contributed by atoms with Crippen molar-refractivity contribution in [1.82, 2.24) is 4.90 Å². The van der Waals surface area contributed by atoms with Gasteiger partial charge in [-0.3, -0.25) is 10.1 Å². The van der Waals surface area contributed by atoms with Crippen LogP contribution in [0.1, 0.15) is 5.56 Å². The van der Waals surface area contributed by atoms with Crippen molar-refractivity contribution >= 4 is 5.69 Å². The van der Waals surface area contributed by atoms with Gasteiger partial charge in [-0.15, -0.1) is 0 Å². The van der Waals surface area contributed by atoms with Gasteiger partial charge in [-0.2, -0.15) is 8.78 Å². The fourth-order valence-corrected chi connectivity index (χ4v) is 1.36. The topological polar surface area (TPSA) is 55.6 Å². The SMILES string of the molecule is CN(C)Cc1ccc(OC(F)F)c([N+](=O)[O-])c1. The number of alkyl halides is 2. The van der Waals surface area contributed by atoms with Gasteiger partial charge in [0.15, 0.2) is 0 Å². The quantitative estimate of drug-likeness (QED) is 0.590. The predicted molar refractivity (Wildman–Crippen MR) is 57.1 cm³/mol. The largest absolute Gasteiger partial charge is 0.427 e. The van der Waals surface area contributed by atoms with E-state index in [1.165, 1.54) is 18.2 Å². The van der Waals surface area contributed by atoms with Crippen molar-refractivity contribution in [1.29, 1.82) is 0 Å². The summed E-state index contributed by atoms with van der Waals surface area (Å²) in [6, 6.07) is 3.94. The van der Waals surface area contributed by atoms with Crippen LogP contribution in [0.4, 0.5) is 14.5 Å². The number of rotatable bonds is 5. The van der Waals surface area contributed by atoms with Crippen LogP contribution in [-0.4, -0.2) is 30.5 Å². The van der Waals surface area contributed by atoms with Crippen molar-refractivity contribution in [2.45, 2.75) is 13.2 Å². The molecule has 0 amide bonds. The highest BCUT2D eigenvalue weighted by molar-refractivity contribution is 5.48. The zero-order chi connectivity index (χ0) is 13.0. The van der Waals surface area contributed by atoms with Crippen molar-refractivity contribution < 1.29 is 18.4 Å². The zero-order valence-electron chi connectivity index (χ0n) is 9.39. The molecule has 1 aromatic rings. The molecule has 1 rings (SSSR count). The van der Waals surface area contributed by atoms with Crippen LogP contribution in [0.3, 0.4) is 0 Å². The lowest BCUT2D eigenvalue weighted by molar-refractivity contribution is -0.386. The van der Waals surface area contributed by atoms with Crippen LogP contribution in [0.15, 0.2) is 18.2 Å². The van der Waals surface area contributed by atoms with Crippen LogP contribution in [0.5, 0.6) is 5.75 Å². The van der Waals surface area contributed by atoms with E-state index in [9.17, 15) is 18.9 Å². The molecule has 0 spiro atoms. The number of hydrogen-bond acceptors (Lipinski definition) is 4. The van der Waals surface area contributed by atoms with Crippen molar-refractivity contribution in [2.75, 3.05) is 14.1 Å². The Kier molecular flexibility index (Phi) is 4.33. The first kappa shape index (κ1) is 13.3. The Bertz CT molecular complexity index is 411. The van der Waals surface area contributed by atoms with Crippen LogP contribution in [0.25, 0.3) is 0 Å². The summed E-state index contributed by atoms with van der Waals surface area (Å²) in [5.74, 6) is -0.424. The average molecular weight is 246 g/mol. The van der Waals surface area contributed by atoms with Gasteiger partial charge in [-0.1, -0.05) is 6.07 Å². The maximum absolute atomic E-state index is 12.0. The number of halogens is 2. The molecule has 0 N–H and O–H groups in total. The molecule has 0 heterocycles. The lowest BCUT2D eigenvalue weighted by atomic mass is 10.2. The van der Waals surface area contributed by atoms with Gasteiger partial charge >= 0.3 is 12.3 Å². The Labute approximate surface area is 96.7 Å². The molecule has 0 saturated carbocycles. The Morgan fingerprint density at radius 1 is 1.47 bits per heavy atom. The van der Waals surface area contributed by atoms with E-state index in [2.05, 4.69) is 4.74 Å². The molecule has 94 valence electrons. The summed E-state index contributed by atoms with van der Waals surface area (Å²) in [6.45, 7) is -2.59. The van der Waals surface area contributed by atoms with Gasteiger partial charge < -0.3 is 9.64 Å². The maximum Gasteiger partial charge on any atom is 0.387 e. The Morgan fingerprint density at radius 2 is 2.12 bits per heavy atom. The van der Waals surface area contributed by atoms with Crippen molar-refractivity contribution in [3.8, 4) is 5.75 Å². The third-order valence-electron chi connectivity index (χ3n) is 1.93. The normalized spacial score (nSPS) is 10.9. The van der Waals surface area contributed by atoms with Gasteiger partial charge in [0.2, 0.25) is 5.75 Å². The third-order valence-corrected chi connectivity index (χ3v) is 1.93. The molecule has 0 radical (unpaired) electrons. The van der Waals surface area contributed by atoms with Crippen LogP contribution in [-0.2, 0) is 6.54 Å². The van der Waals surface area contributed by atoms with Crippen LogP contribution < -0.4 is 4.74 Å². The molecule has 7 heteroatoms. The van der Waals surface area contributed by atoms with Gasteiger partial charge in [-0.05, 0) is 25.7 Å². The van der Waals surface area contributed by atoms with E-state index in [-0.39, 0.29) is 0 Å². The molecule has 0 fully saturated rings. The minimum Gasteiger partial charge on any atom is -0.427 e. The molecule has 0 atom stereocenters. The lowest BCUT2D eigenvalue weighted by Gasteiger charge is -2.11. The molecule has 0 unspecified atom stereocenters. The van der Waals surface area contributed by atoms with Crippen LogP contribution in [0.2, 0.25) is 0 Å². The summed E-state index contributed by atoms with van der Waals surface area (Å²) in [6.07, 6.45) is 0. The van der Waals surface area contributed by atoms with Crippen molar-refractivity contribution in [3.63, 3.8) is 0 Å². The van der Waals surface area contributed by atoms with Gasteiger partial charge in [0.05, 0.1) is 4.92 Å². The first-order valence-corrected chi connectivity index (χ1v) is 4.77. The molecule has 0 aliphatic rings. The molecule has 17 heavy (non-hydrogen) atoms. The number of nitrogens with zero attached hydrogens (tertiary/aromatic N) is 2. The van der Waals surface area contributed by atoms with Gasteiger partial charge in [0.25, 0.3) is 0 Å². The smallest absolute Gasteiger partial charge is 0.387 e. The highest BCUT2D eigenvalue weighted by Gasteiger charge is 2.19. The monoisotopic (exact) mass is 246 g/mol. The number of benzene rings is 1. The summed E-state index contributed by atoms with van der Waals surface area (Å²) in [7, 11) is 3.60. The van der Waals surface area contributed by atoms with Crippen LogP contribution >= 0.6 is 0 Å². The molecule has 0 saturated heterocycles. The molecule has 0 aliphatic heterocycles. The molecule has 1 aromatic carbocycles. The number of nitro groups is 1. The molecule has 0 aliphatic carbocycles. The fourth-order valence-electron chi connectivity index (χ4n) is 1.36.